The summed E-state index contributed by atoms with van der Waals surface area (Å²) in [7, 11) is 3.55. The Balaban J connectivity index is 1.46. The first-order valence-electron chi connectivity index (χ1n) is 10.0. The number of aliphatic imine (C=N–C) groups is 1. The monoisotopic (exact) mass is 375 g/mol. The van der Waals surface area contributed by atoms with Gasteiger partial charge in [-0.05, 0) is 50.3 Å². The number of aryl methyl sites for hydroxylation is 1. The number of rotatable bonds is 7. The maximum Gasteiger partial charge on any atom is 0.193 e. The minimum atomic E-state index is 0.358. The third-order valence-corrected chi connectivity index (χ3v) is 5.59. The van der Waals surface area contributed by atoms with E-state index in [1.54, 1.807) is 7.11 Å². The first-order chi connectivity index (χ1) is 13.2. The number of hydrogen-bond acceptors (Lipinski definition) is 4. The Morgan fingerprint density at radius 3 is 2.93 bits per heavy atom. The standard InChI is InChI=1S/C21H33N3O3/c1-4-27-19-14-17(7-8-18(19)25-3)6-5-11-23-20(22-2)24-12-9-21(15-24)10-13-26-16-21/h7-8,14H,4-6,9-13,15-16H2,1-3H3,(H,22,23). The van der Waals surface area contributed by atoms with Gasteiger partial charge in [0, 0.05) is 38.7 Å². The average Bonchev–Trinajstić information content (AvgIpc) is 3.32. The molecular formula is C21H33N3O3. The van der Waals surface area contributed by atoms with Crippen molar-refractivity contribution in [3.8, 4) is 11.5 Å². The van der Waals surface area contributed by atoms with E-state index in [1.807, 2.05) is 20.0 Å². The molecule has 27 heavy (non-hydrogen) atoms. The maximum atomic E-state index is 5.67. The summed E-state index contributed by atoms with van der Waals surface area (Å²) < 4.78 is 16.6. The molecule has 2 saturated heterocycles. The van der Waals surface area contributed by atoms with Crippen LogP contribution in [0.25, 0.3) is 0 Å². The molecule has 1 unspecified atom stereocenters. The number of guanidine groups is 1. The summed E-state index contributed by atoms with van der Waals surface area (Å²) in [5, 5.41) is 3.53. The van der Waals surface area contributed by atoms with E-state index in [1.165, 1.54) is 18.4 Å². The topological polar surface area (TPSA) is 55.3 Å². The second kappa shape index (κ2) is 9.31. The van der Waals surface area contributed by atoms with Crippen molar-refractivity contribution in [3.63, 3.8) is 0 Å². The van der Waals surface area contributed by atoms with E-state index in [0.29, 0.717) is 12.0 Å². The molecule has 2 aliphatic heterocycles. The molecule has 1 aromatic carbocycles. The summed E-state index contributed by atoms with van der Waals surface area (Å²) >= 11 is 0. The zero-order chi connectivity index (χ0) is 19.1. The van der Waals surface area contributed by atoms with Crippen LogP contribution in [0.15, 0.2) is 23.2 Å². The summed E-state index contributed by atoms with van der Waals surface area (Å²) in [6.45, 7) is 7.47. The molecule has 1 atom stereocenters. The molecule has 0 aromatic heterocycles. The normalized spacial score (nSPS) is 22.5. The first kappa shape index (κ1) is 19.8. The van der Waals surface area contributed by atoms with E-state index in [9.17, 15) is 0 Å². The molecule has 0 amide bonds. The van der Waals surface area contributed by atoms with Crippen LogP contribution in [0.2, 0.25) is 0 Å². The Morgan fingerprint density at radius 2 is 2.22 bits per heavy atom. The summed E-state index contributed by atoms with van der Waals surface area (Å²) in [4.78, 5) is 6.87. The van der Waals surface area contributed by atoms with Gasteiger partial charge in [0.2, 0.25) is 0 Å². The lowest BCUT2D eigenvalue weighted by atomic mass is 9.87. The van der Waals surface area contributed by atoms with Gasteiger partial charge < -0.3 is 24.4 Å². The zero-order valence-electron chi connectivity index (χ0n) is 16.9. The summed E-state index contributed by atoms with van der Waals surface area (Å²) in [6.07, 6.45) is 4.42. The van der Waals surface area contributed by atoms with Crippen molar-refractivity contribution in [1.82, 2.24) is 10.2 Å². The van der Waals surface area contributed by atoms with Crippen molar-refractivity contribution in [2.75, 3.05) is 53.6 Å². The Bertz CT molecular complexity index is 642. The fourth-order valence-corrected chi connectivity index (χ4v) is 4.06. The third kappa shape index (κ3) is 4.86. The average molecular weight is 376 g/mol. The van der Waals surface area contributed by atoms with E-state index in [4.69, 9.17) is 14.2 Å². The van der Waals surface area contributed by atoms with Gasteiger partial charge in [0.05, 0.1) is 20.3 Å². The second-order valence-corrected chi connectivity index (χ2v) is 7.47. The Morgan fingerprint density at radius 1 is 1.33 bits per heavy atom. The molecule has 6 heteroatoms. The second-order valence-electron chi connectivity index (χ2n) is 7.47. The van der Waals surface area contributed by atoms with Crippen LogP contribution in [0.5, 0.6) is 11.5 Å². The third-order valence-electron chi connectivity index (χ3n) is 5.59. The molecule has 3 rings (SSSR count). The van der Waals surface area contributed by atoms with Crippen LogP contribution in [0, 0.1) is 5.41 Å². The van der Waals surface area contributed by atoms with Crippen molar-refractivity contribution in [1.29, 1.82) is 0 Å². The first-order valence-corrected chi connectivity index (χ1v) is 10.0. The minimum Gasteiger partial charge on any atom is -0.493 e. The smallest absolute Gasteiger partial charge is 0.193 e. The molecule has 0 bridgehead atoms. The van der Waals surface area contributed by atoms with Crippen molar-refractivity contribution >= 4 is 5.96 Å². The quantitative estimate of drug-likeness (QED) is 0.451. The number of benzene rings is 1. The van der Waals surface area contributed by atoms with Gasteiger partial charge in [-0.25, -0.2) is 0 Å². The van der Waals surface area contributed by atoms with Gasteiger partial charge in [0.1, 0.15) is 0 Å². The van der Waals surface area contributed by atoms with Gasteiger partial charge in [0.25, 0.3) is 0 Å². The van der Waals surface area contributed by atoms with Crippen molar-refractivity contribution < 1.29 is 14.2 Å². The highest BCUT2D eigenvalue weighted by Gasteiger charge is 2.42. The van der Waals surface area contributed by atoms with Gasteiger partial charge in [-0.3, -0.25) is 4.99 Å². The Labute approximate surface area is 162 Å². The lowest BCUT2D eigenvalue weighted by molar-refractivity contribution is 0.156. The van der Waals surface area contributed by atoms with E-state index in [0.717, 1.165) is 63.1 Å². The van der Waals surface area contributed by atoms with E-state index in [2.05, 4.69) is 27.3 Å². The predicted octanol–water partition coefficient (Wildman–Crippen LogP) is 2.71. The molecule has 1 aromatic rings. The van der Waals surface area contributed by atoms with Crippen LogP contribution in [0.4, 0.5) is 0 Å². The van der Waals surface area contributed by atoms with Gasteiger partial charge >= 0.3 is 0 Å². The summed E-state index contributed by atoms with van der Waals surface area (Å²) in [5.41, 5.74) is 1.62. The molecule has 6 nitrogen and oxygen atoms in total. The molecule has 0 radical (unpaired) electrons. The number of nitrogens with one attached hydrogen (secondary N) is 1. The fraction of sp³-hybridized carbons (Fsp3) is 0.667. The molecule has 0 aliphatic carbocycles. The highest BCUT2D eigenvalue weighted by molar-refractivity contribution is 5.80. The maximum absolute atomic E-state index is 5.67. The zero-order valence-corrected chi connectivity index (χ0v) is 16.9. The largest absolute Gasteiger partial charge is 0.493 e. The molecule has 0 saturated carbocycles. The molecule has 1 N–H and O–H groups in total. The van der Waals surface area contributed by atoms with Crippen LogP contribution >= 0.6 is 0 Å². The molecule has 1 spiro atoms. The number of ether oxygens (including phenoxy) is 3. The van der Waals surface area contributed by atoms with Crippen LogP contribution in [-0.4, -0.2) is 64.5 Å². The lowest BCUT2D eigenvalue weighted by Gasteiger charge is -2.25. The van der Waals surface area contributed by atoms with E-state index < -0.39 is 0 Å². The van der Waals surface area contributed by atoms with Crippen molar-refractivity contribution in [2.45, 2.75) is 32.6 Å². The van der Waals surface area contributed by atoms with E-state index >= 15 is 0 Å². The predicted molar refractivity (Wildman–Crippen MR) is 108 cm³/mol. The van der Waals surface area contributed by atoms with Crippen molar-refractivity contribution in [3.05, 3.63) is 23.8 Å². The summed E-state index contributed by atoms with van der Waals surface area (Å²) in [6, 6.07) is 6.18. The number of nitrogens with zero attached hydrogens (tertiary/aromatic N) is 2. The summed E-state index contributed by atoms with van der Waals surface area (Å²) in [5.74, 6) is 2.63. The van der Waals surface area contributed by atoms with Crippen LogP contribution < -0.4 is 14.8 Å². The van der Waals surface area contributed by atoms with Gasteiger partial charge in [-0.15, -0.1) is 0 Å². The van der Waals surface area contributed by atoms with Crippen molar-refractivity contribution in [2.24, 2.45) is 10.4 Å². The Kier molecular flexibility index (Phi) is 6.83. The lowest BCUT2D eigenvalue weighted by Crippen LogP contribution is -2.41. The van der Waals surface area contributed by atoms with Crippen LogP contribution in [-0.2, 0) is 11.2 Å². The highest BCUT2D eigenvalue weighted by atomic mass is 16.5. The molecule has 2 fully saturated rings. The fourth-order valence-electron chi connectivity index (χ4n) is 4.06. The number of likely N-dealkylation sites (tertiary alicyclic amines) is 1. The molecule has 150 valence electrons. The number of methoxy groups -OCH3 is 1. The van der Waals surface area contributed by atoms with Gasteiger partial charge in [0.15, 0.2) is 17.5 Å². The molecular weight excluding hydrogens is 342 g/mol. The van der Waals surface area contributed by atoms with E-state index in [-0.39, 0.29) is 0 Å². The molecule has 2 aliphatic rings. The molecule has 2 heterocycles. The Hall–Kier alpha value is -1.95. The highest BCUT2D eigenvalue weighted by Crippen LogP contribution is 2.38. The van der Waals surface area contributed by atoms with Gasteiger partial charge in [-0.1, -0.05) is 6.07 Å². The van der Waals surface area contributed by atoms with Crippen LogP contribution in [0.1, 0.15) is 31.7 Å². The van der Waals surface area contributed by atoms with Crippen LogP contribution in [0.3, 0.4) is 0 Å². The minimum absolute atomic E-state index is 0.358. The number of hydrogen-bond donors (Lipinski definition) is 1. The SMILES string of the molecule is CCOc1cc(CCCNC(=NC)N2CCC3(CCOC3)C2)ccc1OC. The van der Waals surface area contributed by atoms with Gasteiger partial charge in [-0.2, -0.15) is 0 Å².